The average Bonchev–Trinajstić information content (AvgIpc) is 2.70. The Morgan fingerprint density at radius 3 is 2.47 bits per heavy atom. The summed E-state index contributed by atoms with van der Waals surface area (Å²) in [6.07, 6.45) is 1.94. The number of piperidine rings is 1. The highest BCUT2D eigenvalue weighted by Gasteiger charge is 2.24. The smallest absolute Gasteiger partial charge is 0.270 e. The lowest BCUT2D eigenvalue weighted by Crippen LogP contribution is -2.34. The summed E-state index contributed by atoms with van der Waals surface area (Å²) in [6.45, 7) is 4.92. The van der Waals surface area contributed by atoms with Crippen LogP contribution in [0.1, 0.15) is 37.0 Å². The van der Waals surface area contributed by atoms with Crippen molar-refractivity contribution in [3.8, 4) is 0 Å². The molecule has 2 aromatic rings. The van der Waals surface area contributed by atoms with Crippen LogP contribution in [0.3, 0.4) is 0 Å². The zero-order valence-corrected chi connectivity index (χ0v) is 16.8. The highest BCUT2D eigenvalue weighted by atomic mass is 19.1. The molecule has 1 fully saturated rings. The predicted molar refractivity (Wildman–Crippen MR) is 112 cm³/mol. The van der Waals surface area contributed by atoms with E-state index < -0.39 is 22.6 Å². The molecule has 158 valence electrons. The summed E-state index contributed by atoms with van der Waals surface area (Å²) in [5.74, 6) is -1.05. The molecule has 9 heteroatoms. The van der Waals surface area contributed by atoms with Gasteiger partial charge >= 0.3 is 0 Å². The Labute approximate surface area is 173 Å². The first-order chi connectivity index (χ1) is 14.2. The molecule has 0 saturated carbocycles. The monoisotopic (exact) mass is 414 g/mol. The number of hydrogen-bond acceptors (Lipinski definition) is 5. The maximum absolute atomic E-state index is 13.9. The fourth-order valence-electron chi connectivity index (χ4n) is 3.43. The first-order valence-electron chi connectivity index (χ1n) is 9.66. The molecule has 0 spiro atoms. The summed E-state index contributed by atoms with van der Waals surface area (Å²) >= 11 is 0. The fourth-order valence-corrected chi connectivity index (χ4v) is 3.43. The predicted octanol–water partition coefficient (Wildman–Crippen LogP) is 4.18. The van der Waals surface area contributed by atoms with Crippen molar-refractivity contribution in [3.63, 3.8) is 0 Å². The maximum Gasteiger partial charge on any atom is 0.270 e. The zero-order valence-electron chi connectivity index (χ0n) is 16.8. The molecule has 2 amide bonds. The van der Waals surface area contributed by atoms with Gasteiger partial charge in [0.15, 0.2) is 0 Å². The maximum atomic E-state index is 13.9. The van der Waals surface area contributed by atoms with Gasteiger partial charge in [0.1, 0.15) is 5.82 Å². The van der Waals surface area contributed by atoms with E-state index >= 15 is 0 Å². The number of carbonyl (C=O) groups is 2. The van der Waals surface area contributed by atoms with E-state index in [1.165, 1.54) is 31.2 Å². The number of hydrogen-bond donors (Lipinski definition) is 2. The number of halogens is 1. The van der Waals surface area contributed by atoms with Crippen molar-refractivity contribution >= 4 is 34.6 Å². The minimum Gasteiger partial charge on any atom is -0.371 e. The molecule has 3 rings (SSSR count). The molecule has 0 aromatic heterocycles. The Bertz CT molecular complexity index is 987. The number of rotatable bonds is 5. The van der Waals surface area contributed by atoms with Crippen LogP contribution >= 0.6 is 0 Å². The molecule has 2 N–H and O–H groups in total. The van der Waals surface area contributed by atoms with E-state index in [2.05, 4.69) is 17.6 Å². The summed E-state index contributed by atoms with van der Waals surface area (Å²) < 4.78 is 13.9. The van der Waals surface area contributed by atoms with Crippen LogP contribution in [0, 0.1) is 21.8 Å². The third kappa shape index (κ3) is 4.91. The van der Waals surface area contributed by atoms with Crippen LogP contribution in [0.2, 0.25) is 0 Å². The number of nitro groups is 1. The standard InChI is InChI=1S/C21H23FN4O4/c1-13-7-9-25(10-8-13)20-6-4-16(26(29)30)12-17(20)21(28)24-15-3-5-18(22)19(11-15)23-14(2)27/h3-6,11-13H,7-10H2,1-2H3,(H,23,27)(H,24,28). The number of anilines is 3. The number of amides is 2. The topological polar surface area (TPSA) is 105 Å². The van der Waals surface area contributed by atoms with Crippen molar-refractivity contribution in [3.05, 3.63) is 57.9 Å². The lowest BCUT2D eigenvalue weighted by atomic mass is 9.98. The van der Waals surface area contributed by atoms with Gasteiger partial charge < -0.3 is 15.5 Å². The van der Waals surface area contributed by atoms with E-state index in [0.29, 0.717) is 11.6 Å². The lowest BCUT2D eigenvalue weighted by molar-refractivity contribution is -0.384. The highest BCUT2D eigenvalue weighted by molar-refractivity contribution is 6.09. The highest BCUT2D eigenvalue weighted by Crippen LogP contribution is 2.30. The lowest BCUT2D eigenvalue weighted by Gasteiger charge is -2.33. The zero-order chi connectivity index (χ0) is 21.8. The molecule has 1 aliphatic heterocycles. The number of carbonyl (C=O) groups excluding carboxylic acids is 2. The Hall–Kier alpha value is -3.49. The van der Waals surface area contributed by atoms with Gasteiger partial charge in [-0.25, -0.2) is 4.39 Å². The summed E-state index contributed by atoms with van der Waals surface area (Å²) in [7, 11) is 0. The first-order valence-corrected chi connectivity index (χ1v) is 9.66. The molecule has 1 aliphatic rings. The molecular formula is C21H23FN4O4. The van der Waals surface area contributed by atoms with Crippen LogP contribution in [-0.2, 0) is 4.79 Å². The number of non-ortho nitro benzene ring substituents is 1. The molecule has 30 heavy (non-hydrogen) atoms. The molecule has 0 unspecified atom stereocenters. The van der Waals surface area contributed by atoms with E-state index in [9.17, 15) is 24.1 Å². The third-order valence-corrected chi connectivity index (χ3v) is 5.09. The molecule has 0 atom stereocenters. The minimum atomic E-state index is -0.637. The quantitative estimate of drug-likeness (QED) is 0.564. The second-order valence-electron chi connectivity index (χ2n) is 7.46. The third-order valence-electron chi connectivity index (χ3n) is 5.09. The second-order valence-corrected chi connectivity index (χ2v) is 7.46. The van der Waals surface area contributed by atoms with Gasteiger partial charge in [0, 0.05) is 37.8 Å². The van der Waals surface area contributed by atoms with Crippen LogP contribution in [0.15, 0.2) is 36.4 Å². The molecule has 1 saturated heterocycles. The van der Waals surface area contributed by atoms with E-state index in [-0.39, 0.29) is 22.6 Å². The molecule has 0 aliphatic carbocycles. The van der Waals surface area contributed by atoms with Gasteiger partial charge in [0.05, 0.1) is 21.9 Å². The largest absolute Gasteiger partial charge is 0.371 e. The molecule has 0 bridgehead atoms. The van der Waals surface area contributed by atoms with E-state index in [1.807, 2.05) is 4.90 Å². The van der Waals surface area contributed by atoms with E-state index in [1.54, 1.807) is 6.07 Å². The van der Waals surface area contributed by atoms with Gasteiger partial charge in [0.2, 0.25) is 5.91 Å². The molecule has 1 heterocycles. The van der Waals surface area contributed by atoms with Crippen molar-refractivity contribution in [1.29, 1.82) is 0 Å². The van der Waals surface area contributed by atoms with Gasteiger partial charge in [-0.1, -0.05) is 6.92 Å². The number of nitro benzene ring substituents is 1. The summed E-state index contributed by atoms with van der Waals surface area (Å²) in [4.78, 5) is 36.9. The molecular weight excluding hydrogens is 391 g/mol. The normalized spacial score (nSPS) is 14.3. The van der Waals surface area contributed by atoms with Crippen molar-refractivity contribution in [2.75, 3.05) is 28.6 Å². The van der Waals surface area contributed by atoms with Gasteiger partial charge in [-0.05, 0) is 43.0 Å². The van der Waals surface area contributed by atoms with Crippen LogP contribution in [0.4, 0.5) is 27.1 Å². The molecule has 0 radical (unpaired) electrons. The fraction of sp³-hybridized carbons (Fsp3) is 0.333. The van der Waals surface area contributed by atoms with E-state index in [4.69, 9.17) is 0 Å². The summed E-state index contributed by atoms with van der Waals surface area (Å²) in [5, 5.41) is 16.2. The van der Waals surface area contributed by atoms with Gasteiger partial charge in [0.25, 0.3) is 11.6 Å². The van der Waals surface area contributed by atoms with Gasteiger partial charge in [-0.3, -0.25) is 19.7 Å². The number of benzene rings is 2. The average molecular weight is 414 g/mol. The van der Waals surface area contributed by atoms with Crippen LogP contribution < -0.4 is 15.5 Å². The first kappa shape index (κ1) is 21.2. The molecule has 8 nitrogen and oxygen atoms in total. The van der Waals surface area contributed by atoms with Crippen molar-refractivity contribution in [1.82, 2.24) is 0 Å². The van der Waals surface area contributed by atoms with Crippen molar-refractivity contribution in [2.24, 2.45) is 5.92 Å². The summed E-state index contributed by atoms with van der Waals surface area (Å²) in [5.41, 5.74) is 0.796. The minimum absolute atomic E-state index is 0.0652. The van der Waals surface area contributed by atoms with E-state index in [0.717, 1.165) is 32.0 Å². The Balaban J connectivity index is 1.91. The van der Waals surface area contributed by atoms with Crippen LogP contribution in [0.5, 0.6) is 0 Å². The Morgan fingerprint density at radius 1 is 1.13 bits per heavy atom. The summed E-state index contributed by atoms with van der Waals surface area (Å²) in [6, 6.07) is 8.02. The SMILES string of the molecule is CC(=O)Nc1cc(NC(=O)c2cc([N+](=O)[O-])ccc2N2CCC(C)CC2)ccc1F. The number of nitrogens with zero attached hydrogens (tertiary/aromatic N) is 2. The van der Waals surface area contributed by atoms with Crippen LogP contribution in [-0.4, -0.2) is 29.8 Å². The van der Waals surface area contributed by atoms with Crippen LogP contribution in [0.25, 0.3) is 0 Å². The van der Waals surface area contributed by atoms with Crippen molar-refractivity contribution < 1.29 is 18.9 Å². The second kappa shape index (κ2) is 8.89. The molecule has 2 aromatic carbocycles. The Morgan fingerprint density at radius 2 is 1.83 bits per heavy atom. The number of nitrogens with one attached hydrogen (secondary N) is 2. The van der Waals surface area contributed by atoms with Gasteiger partial charge in [-0.2, -0.15) is 0 Å². The van der Waals surface area contributed by atoms with Gasteiger partial charge in [-0.15, -0.1) is 0 Å². The van der Waals surface area contributed by atoms with Crippen molar-refractivity contribution in [2.45, 2.75) is 26.7 Å². The Kier molecular flexibility index (Phi) is 6.29.